The van der Waals surface area contributed by atoms with Gasteiger partial charge in [0.1, 0.15) is 5.60 Å². The van der Waals surface area contributed by atoms with E-state index in [9.17, 15) is 4.79 Å². The van der Waals surface area contributed by atoms with Crippen molar-refractivity contribution in [3.05, 3.63) is 34.9 Å². The maximum Gasteiger partial charge on any atom is 0.195 e. The average Bonchev–Trinajstić information content (AvgIpc) is 2.66. The van der Waals surface area contributed by atoms with E-state index in [0.717, 1.165) is 12.8 Å². The van der Waals surface area contributed by atoms with Crippen LogP contribution in [0.3, 0.4) is 0 Å². The first-order chi connectivity index (χ1) is 7.13. The Bertz CT molecular complexity index is 381. The Morgan fingerprint density at radius 2 is 2.20 bits per heavy atom. The molecule has 0 aromatic heterocycles. The summed E-state index contributed by atoms with van der Waals surface area (Å²) in [6, 6.07) is 7.11. The van der Waals surface area contributed by atoms with Gasteiger partial charge in [0, 0.05) is 12.2 Å². The van der Waals surface area contributed by atoms with Gasteiger partial charge in [0.25, 0.3) is 0 Å². The Balaban J connectivity index is 2.32. The standard InChI is InChI=1S/C12H13ClO2/c1-12(7-4-8-15-12)11(14)9-5-2-3-6-10(9)13/h2-3,5-6H,4,7-8H2,1H3. The molecule has 0 saturated carbocycles. The summed E-state index contributed by atoms with van der Waals surface area (Å²) in [7, 11) is 0. The van der Waals surface area contributed by atoms with Crippen LogP contribution in [0.2, 0.25) is 5.02 Å². The Kier molecular flexibility index (Phi) is 2.81. The number of halogens is 1. The van der Waals surface area contributed by atoms with Crippen molar-refractivity contribution < 1.29 is 9.53 Å². The lowest BCUT2D eigenvalue weighted by molar-refractivity contribution is 0.0213. The smallest absolute Gasteiger partial charge is 0.195 e. The highest BCUT2D eigenvalue weighted by molar-refractivity contribution is 6.34. The number of rotatable bonds is 2. The summed E-state index contributed by atoms with van der Waals surface area (Å²) >= 11 is 5.98. The van der Waals surface area contributed by atoms with Crippen molar-refractivity contribution in [2.45, 2.75) is 25.4 Å². The molecule has 0 aliphatic carbocycles. The first kappa shape index (κ1) is 10.7. The molecule has 0 amide bonds. The van der Waals surface area contributed by atoms with Crippen LogP contribution in [0.1, 0.15) is 30.1 Å². The van der Waals surface area contributed by atoms with Crippen molar-refractivity contribution in [2.75, 3.05) is 6.61 Å². The van der Waals surface area contributed by atoms with Crippen LogP contribution in [0.4, 0.5) is 0 Å². The quantitative estimate of drug-likeness (QED) is 0.722. The Morgan fingerprint density at radius 1 is 1.47 bits per heavy atom. The maximum absolute atomic E-state index is 12.2. The fourth-order valence-corrected chi connectivity index (χ4v) is 2.11. The van der Waals surface area contributed by atoms with Crippen LogP contribution >= 0.6 is 11.6 Å². The summed E-state index contributed by atoms with van der Waals surface area (Å²) in [4.78, 5) is 12.2. The molecule has 0 radical (unpaired) electrons. The molecule has 1 fully saturated rings. The normalized spacial score (nSPS) is 25.5. The van der Waals surface area contributed by atoms with E-state index >= 15 is 0 Å². The summed E-state index contributed by atoms with van der Waals surface area (Å²) in [6.45, 7) is 2.50. The zero-order chi connectivity index (χ0) is 10.9. The van der Waals surface area contributed by atoms with E-state index in [1.807, 2.05) is 19.1 Å². The number of ether oxygens (including phenoxy) is 1. The number of carbonyl (C=O) groups is 1. The van der Waals surface area contributed by atoms with Crippen LogP contribution in [0.25, 0.3) is 0 Å². The van der Waals surface area contributed by atoms with Crippen molar-refractivity contribution in [2.24, 2.45) is 0 Å². The molecule has 0 spiro atoms. The minimum absolute atomic E-state index is 0.00870. The van der Waals surface area contributed by atoms with Gasteiger partial charge in [0.05, 0.1) is 5.02 Å². The van der Waals surface area contributed by atoms with Crippen LogP contribution in [-0.4, -0.2) is 18.0 Å². The molecule has 1 aliphatic rings. The topological polar surface area (TPSA) is 26.3 Å². The number of Topliss-reactive ketones (excluding diaryl/α,β-unsaturated/α-hetero) is 1. The van der Waals surface area contributed by atoms with Crippen molar-refractivity contribution >= 4 is 17.4 Å². The van der Waals surface area contributed by atoms with Gasteiger partial charge in [0.15, 0.2) is 5.78 Å². The third kappa shape index (κ3) is 1.92. The highest BCUT2D eigenvalue weighted by Gasteiger charge is 2.38. The average molecular weight is 225 g/mol. The fourth-order valence-electron chi connectivity index (χ4n) is 1.89. The molecule has 80 valence electrons. The van der Waals surface area contributed by atoms with E-state index in [-0.39, 0.29) is 5.78 Å². The summed E-state index contributed by atoms with van der Waals surface area (Å²) < 4.78 is 5.50. The van der Waals surface area contributed by atoms with Gasteiger partial charge in [-0.3, -0.25) is 4.79 Å². The minimum Gasteiger partial charge on any atom is -0.367 e. The molecular weight excluding hydrogens is 212 g/mol. The number of hydrogen-bond donors (Lipinski definition) is 0. The number of benzene rings is 1. The highest BCUT2D eigenvalue weighted by atomic mass is 35.5. The molecular formula is C12H13ClO2. The molecule has 2 nitrogen and oxygen atoms in total. The molecule has 1 heterocycles. The van der Waals surface area contributed by atoms with Gasteiger partial charge in [-0.1, -0.05) is 23.7 Å². The molecule has 1 saturated heterocycles. The molecule has 2 rings (SSSR count). The number of carbonyl (C=O) groups excluding carboxylic acids is 1. The summed E-state index contributed by atoms with van der Waals surface area (Å²) in [6.07, 6.45) is 1.71. The predicted molar refractivity (Wildman–Crippen MR) is 59.4 cm³/mol. The summed E-state index contributed by atoms with van der Waals surface area (Å²) in [5.74, 6) is -0.00870. The summed E-state index contributed by atoms with van der Waals surface area (Å²) in [5, 5.41) is 0.499. The molecule has 1 aromatic rings. The molecule has 0 N–H and O–H groups in total. The predicted octanol–water partition coefficient (Wildman–Crippen LogP) is 3.09. The highest BCUT2D eigenvalue weighted by Crippen LogP contribution is 2.31. The SMILES string of the molecule is CC1(C(=O)c2ccccc2Cl)CCCO1. The van der Waals surface area contributed by atoms with Gasteiger partial charge in [-0.25, -0.2) is 0 Å². The van der Waals surface area contributed by atoms with E-state index in [2.05, 4.69) is 0 Å². The zero-order valence-corrected chi connectivity index (χ0v) is 9.38. The lowest BCUT2D eigenvalue weighted by Gasteiger charge is -2.21. The van der Waals surface area contributed by atoms with Crippen LogP contribution in [-0.2, 0) is 4.74 Å². The first-order valence-electron chi connectivity index (χ1n) is 5.07. The van der Waals surface area contributed by atoms with Crippen LogP contribution < -0.4 is 0 Å². The van der Waals surface area contributed by atoms with Gasteiger partial charge in [-0.15, -0.1) is 0 Å². The lowest BCUT2D eigenvalue weighted by atomic mass is 9.92. The second kappa shape index (κ2) is 3.95. The zero-order valence-electron chi connectivity index (χ0n) is 8.63. The molecule has 1 aromatic carbocycles. The number of ketones is 1. The monoisotopic (exact) mass is 224 g/mol. The Labute approximate surface area is 94.2 Å². The largest absolute Gasteiger partial charge is 0.367 e. The van der Waals surface area contributed by atoms with Crippen molar-refractivity contribution in [1.82, 2.24) is 0 Å². The van der Waals surface area contributed by atoms with E-state index in [1.54, 1.807) is 12.1 Å². The van der Waals surface area contributed by atoms with Gasteiger partial charge in [-0.05, 0) is 31.9 Å². The molecule has 1 unspecified atom stereocenters. The minimum atomic E-state index is -0.676. The van der Waals surface area contributed by atoms with Gasteiger partial charge >= 0.3 is 0 Å². The van der Waals surface area contributed by atoms with Crippen LogP contribution in [0.15, 0.2) is 24.3 Å². The Morgan fingerprint density at radius 3 is 2.80 bits per heavy atom. The van der Waals surface area contributed by atoms with Crippen molar-refractivity contribution in [3.8, 4) is 0 Å². The van der Waals surface area contributed by atoms with Crippen molar-refractivity contribution in [1.29, 1.82) is 0 Å². The van der Waals surface area contributed by atoms with E-state index < -0.39 is 5.60 Å². The first-order valence-corrected chi connectivity index (χ1v) is 5.44. The van der Waals surface area contributed by atoms with Crippen LogP contribution in [0, 0.1) is 0 Å². The molecule has 15 heavy (non-hydrogen) atoms. The second-order valence-electron chi connectivity index (χ2n) is 3.99. The molecule has 3 heteroatoms. The number of hydrogen-bond acceptors (Lipinski definition) is 2. The molecule has 1 atom stereocenters. The van der Waals surface area contributed by atoms with Gasteiger partial charge < -0.3 is 4.74 Å². The summed E-state index contributed by atoms with van der Waals surface area (Å²) in [5.41, 5.74) is -0.117. The second-order valence-corrected chi connectivity index (χ2v) is 4.40. The lowest BCUT2D eigenvalue weighted by Crippen LogP contribution is -2.34. The van der Waals surface area contributed by atoms with Gasteiger partial charge in [-0.2, -0.15) is 0 Å². The van der Waals surface area contributed by atoms with E-state index in [1.165, 1.54) is 0 Å². The Hall–Kier alpha value is -0.860. The molecule has 0 bridgehead atoms. The third-order valence-electron chi connectivity index (χ3n) is 2.82. The fraction of sp³-hybridized carbons (Fsp3) is 0.417. The van der Waals surface area contributed by atoms with E-state index in [0.29, 0.717) is 17.2 Å². The van der Waals surface area contributed by atoms with Crippen LogP contribution in [0.5, 0.6) is 0 Å². The van der Waals surface area contributed by atoms with E-state index in [4.69, 9.17) is 16.3 Å². The molecule has 1 aliphatic heterocycles. The van der Waals surface area contributed by atoms with Crippen molar-refractivity contribution in [3.63, 3.8) is 0 Å². The van der Waals surface area contributed by atoms with Gasteiger partial charge in [0.2, 0.25) is 0 Å². The third-order valence-corrected chi connectivity index (χ3v) is 3.15. The maximum atomic E-state index is 12.2.